The van der Waals surface area contributed by atoms with Gasteiger partial charge in [-0.15, -0.1) is 0 Å². The van der Waals surface area contributed by atoms with Gasteiger partial charge in [0.05, 0.1) is 34.5 Å². The van der Waals surface area contributed by atoms with Crippen molar-refractivity contribution in [1.82, 2.24) is 9.88 Å². The van der Waals surface area contributed by atoms with Crippen LogP contribution >= 0.6 is 0 Å². The summed E-state index contributed by atoms with van der Waals surface area (Å²) in [5.74, 6) is -1.62. The number of hydrogen-bond acceptors (Lipinski definition) is 15. The maximum absolute atomic E-state index is 11.8. The maximum atomic E-state index is 11.8. The molecule has 0 spiro atoms. The number of fused-ring (bicyclic) bond motifs is 1. The number of likely N-dealkylation sites (tertiary alicyclic amines) is 1. The molecule has 3 aromatic rings. The van der Waals surface area contributed by atoms with Crippen LogP contribution in [0.25, 0.3) is 10.9 Å². The minimum atomic E-state index is -0.995. The summed E-state index contributed by atoms with van der Waals surface area (Å²) in [7, 11) is 3.89. The van der Waals surface area contributed by atoms with Crippen molar-refractivity contribution >= 4 is 40.7 Å². The molecule has 2 saturated heterocycles. The number of nitrogens with two attached hydrogens (primary N) is 2. The van der Waals surface area contributed by atoms with E-state index in [1.807, 2.05) is 55.6 Å². The van der Waals surface area contributed by atoms with E-state index in [-0.39, 0.29) is 42.6 Å². The molecule has 2 aromatic carbocycles. The summed E-state index contributed by atoms with van der Waals surface area (Å²) in [5.41, 5.74) is 14.1. The Morgan fingerprint density at radius 3 is 2.02 bits per heavy atom. The minimum absolute atomic E-state index is 0.0360. The largest absolute Gasteiger partial charge is 0.468 e. The second-order valence-corrected chi connectivity index (χ2v) is 12.4. The zero-order chi connectivity index (χ0) is 41.3. The van der Waals surface area contributed by atoms with Crippen LogP contribution in [0.2, 0.25) is 0 Å². The van der Waals surface area contributed by atoms with Gasteiger partial charge < -0.3 is 50.3 Å². The van der Waals surface area contributed by atoms with E-state index in [1.165, 1.54) is 33.8 Å². The van der Waals surface area contributed by atoms with Crippen molar-refractivity contribution in [1.29, 1.82) is 0 Å². The number of aliphatic hydroxyl groups excluding tert-OH is 2. The molecule has 1 unspecified atom stereocenters. The van der Waals surface area contributed by atoms with E-state index in [1.54, 1.807) is 6.92 Å². The summed E-state index contributed by atoms with van der Waals surface area (Å²) >= 11 is 0. The molecule has 2 aliphatic heterocycles. The SMILES string of the molecule is CCOC(=O)[C@@H]1CCCN1Cc1ccccc1.COC(=O)C(C)O.COC(=O)[C@@H](N)Cc1c[nH]c2ccccc12.COC(=O)[C@H](C)N.O=C1CC[C@@H](CO)O1. The van der Waals surface area contributed by atoms with Crippen LogP contribution in [0.3, 0.4) is 0 Å². The number of para-hydroxylation sites is 1. The minimum Gasteiger partial charge on any atom is -0.468 e. The fourth-order valence-corrected chi connectivity index (χ4v) is 5.18. The summed E-state index contributed by atoms with van der Waals surface area (Å²) in [6, 6.07) is 17.0. The molecule has 0 radical (unpaired) electrons. The second-order valence-electron chi connectivity index (χ2n) is 12.4. The lowest BCUT2D eigenvalue weighted by Gasteiger charge is -2.22. The molecule has 3 heterocycles. The summed E-state index contributed by atoms with van der Waals surface area (Å²) in [4.78, 5) is 58.8. The lowest BCUT2D eigenvalue weighted by atomic mass is 10.1. The lowest BCUT2D eigenvalue weighted by molar-refractivity contribution is -0.149. The van der Waals surface area contributed by atoms with E-state index in [0.29, 0.717) is 25.9 Å². The number of aromatic nitrogens is 1. The smallest absolute Gasteiger partial charge is 0.334 e. The Labute approximate surface area is 322 Å². The van der Waals surface area contributed by atoms with Crippen LogP contribution in [0.15, 0.2) is 60.8 Å². The number of H-pyrrole nitrogens is 1. The normalized spacial score (nSPS) is 17.4. The van der Waals surface area contributed by atoms with Crippen molar-refractivity contribution in [2.75, 3.05) is 41.1 Å². The first-order chi connectivity index (χ1) is 26.2. The molecule has 5 atom stereocenters. The standard InChI is InChI=1S/C14H19NO2.C12H14N2O2.C5H8O3.C4H9NO2.C4H8O3/c1-2-17-14(16)13-9-6-10-15(13)11-12-7-4-3-5-8-12;1-16-12(15)10(13)6-8-7-14-11-5-3-2-4-9(8)11;6-3-4-1-2-5(7)8-4;2*1-3(5)4(6)7-2/h3-5,7-8,13H,2,6,9-11H2,1H3;2-5,7,10,14H,6,13H2,1H3;4,6H,1-3H2;3H,5H2,1-2H3;3,5H,1-2H3/t13-;10-;4-;3-;/m0000./s1. The molecule has 0 bridgehead atoms. The molecule has 0 amide bonds. The Hall–Kier alpha value is -4.87. The number of cyclic esters (lactones) is 1. The molecule has 1 aromatic heterocycles. The molecule has 5 rings (SSSR count). The average Bonchev–Trinajstić information content (AvgIpc) is 3.95. The van der Waals surface area contributed by atoms with Crippen LogP contribution in [0, 0.1) is 0 Å². The molecule has 16 nitrogen and oxygen atoms in total. The first-order valence-corrected chi connectivity index (χ1v) is 17.9. The van der Waals surface area contributed by atoms with E-state index in [2.05, 4.69) is 41.0 Å². The highest BCUT2D eigenvalue weighted by Gasteiger charge is 2.31. The van der Waals surface area contributed by atoms with Crippen molar-refractivity contribution in [3.63, 3.8) is 0 Å². The molecule has 306 valence electrons. The monoisotopic (exact) mass is 774 g/mol. The number of hydrogen-bond donors (Lipinski definition) is 5. The number of nitrogens with one attached hydrogen (secondary N) is 1. The van der Waals surface area contributed by atoms with Gasteiger partial charge in [0.2, 0.25) is 0 Å². The van der Waals surface area contributed by atoms with E-state index < -0.39 is 24.2 Å². The number of carbonyl (C=O) groups excluding carboxylic acids is 5. The van der Waals surface area contributed by atoms with Gasteiger partial charge in [-0.3, -0.25) is 24.1 Å². The lowest BCUT2D eigenvalue weighted by Crippen LogP contribution is -2.36. The Morgan fingerprint density at radius 2 is 1.55 bits per heavy atom. The number of aromatic amines is 1. The molecule has 0 saturated carbocycles. The van der Waals surface area contributed by atoms with Gasteiger partial charge in [-0.2, -0.15) is 0 Å². The summed E-state index contributed by atoms with van der Waals surface area (Å²) in [6.07, 6.45) is 4.29. The zero-order valence-electron chi connectivity index (χ0n) is 32.6. The van der Waals surface area contributed by atoms with Crippen LogP contribution in [0.5, 0.6) is 0 Å². The Balaban J connectivity index is 0.000000366. The Bertz CT molecular complexity index is 1560. The zero-order valence-corrected chi connectivity index (χ0v) is 32.6. The van der Waals surface area contributed by atoms with Crippen molar-refractivity contribution in [3.05, 3.63) is 71.9 Å². The number of ether oxygens (including phenoxy) is 5. The summed E-state index contributed by atoms with van der Waals surface area (Å²) < 4.78 is 22.7. The summed E-state index contributed by atoms with van der Waals surface area (Å²) in [6.45, 7) is 7.04. The highest BCUT2D eigenvalue weighted by Crippen LogP contribution is 2.21. The Kier molecular flexibility index (Phi) is 23.5. The van der Waals surface area contributed by atoms with Gasteiger partial charge in [-0.25, -0.2) is 4.79 Å². The van der Waals surface area contributed by atoms with E-state index >= 15 is 0 Å². The van der Waals surface area contributed by atoms with Gasteiger partial charge in [0, 0.05) is 36.5 Å². The number of rotatable bonds is 10. The number of esters is 5. The van der Waals surface area contributed by atoms with E-state index in [4.69, 9.17) is 26.4 Å². The fourth-order valence-electron chi connectivity index (χ4n) is 5.18. The highest BCUT2D eigenvalue weighted by molar-refractivity contribution is 5.84. The molecule has 16 heteroatoms. The molecule has 0 aliphatic carbocycles. The molecular formula is C39H58N4O12. The van der Waals surface area contributed by atoms with E-state index in [9.17, 15) is 24.0 Å². The van der Waals surface area contributed by atoms with E-state index in [0.717, 1.165) is 42.4 Å². The second kappa shape index (κ2) is 26.8. The topological polar surface area (TPSA) is 243 Å². The quantitative estimate of drug-likeness (QED) is 0.146. The predicted octanol–water partition coefficient (Wildman–Crippen LogP) is 2.16. The van der Waals surface area contributed by atoms with Gasteiger partial charge in [0.15, 0.2) is 0 Å². The molecule has 55 heavy (non-hydrogen) atoms. The molecular weight excluding hydrogens is 716 g/mol. The van der Waals surface area contributed by atoms with Gasteiger partial charge in [-0.1, -0.05) is 48.5 Å². The molecule has 2 aliphatic rings. The van der Waals surface area contributed by atoms with Gasteiger partial charge in [-0.05, 0) is 63.8 Å². The number of aliphatic hydroxyl groups is 2. The number of carbonyl (C=O) groups is 5. The maximum Gasteiger partial charge on any atom is 0.334 e. The van der Waals surface area contributed by atoms with Gasteiger partial charge in [0.25, 0.3) is 0 Å². The first kappa shape index (κ1) is 48.1. The number of benzene rings is 2. The average molecular weight is 775 g/mol. The van der Waals surface area contributed by atoms with Crippen LogP contribution in [-0.4, -0.2) is 121 Å². The van der Waals surface area contributed by atoms with Crippen molar-refractivity contribution in [2.45, 2.75) is 89.8 Å². The number of methoxy groups -OCH3 is 3. The van der Waals surface area contributed by atoms with Crippen molar-refractivity contribution < 1.29 is 57.9 Å². The fraction of sp³-hybridized carbons (Fsp3) is 0.513. The summed E-state index contributed by atoms with van der Waals surface area (Å²) in [5, 5.41) is 17.9. The third-order valence-electron chi connectivity index (χ3n) is 8.06. The van der Waals surface area contributed by atoms with Gasteiger partial charge >= 0.3 is 29.8 Å². The first-order valence-electron chi connectivity index (χ1n) is 17.9. The van der Waals surface area contributed by atoms with Gasteiger partial charge in [0.1, 0.15) is 30.3 Å². The molecule has 2 fully saturated rings. The third-order valence-corrected chi connectivity index (χ3v) is 8.06. The van der Waals surface area contributed by atoms with Crippen molar-refractivity contribution in [2.24, 2.45) is 11.5 Å². The highest BCUT2D eigenvalue weighted by atomic mass is 16.6. The van der Waals surface area contributed by atoms with Crippen molar-refractivity contribution in [3.8, 4) is 0 Å². The van der Waals surface area contributed by atoms with Crippen LogP contribution < -0.4 is 11.5 Å². The van der Waals surface area contributed by atoms with Crippen LogP contribution in [0.4, 0.5) is 0 Å². The predicted molar refractivity (Wildman–Crippen MR) is 204 cm³/mol. The Morgan fingerprint density at radius 1 is 0.927 bits per heavy atom. The third kappa shape index (κ3) is 18.3. The van der Waals surface area contributed by atoms with Crippen LogP contribution in [0.1, 0.15) is 57.6 Å². The van der Waals surface area contributed by atoms with Crippen LogP contribution in [-0.2, 0) is 60.6 Å². The molecule has 7 N–H and O–H groups in total. The number of nitrogens with zero attached hydrogens (tertiary/aromatic N) is 1.